The predicted octanol–water partition coefficient (Wildman–Crippen LogP) is 2.41. The van der Waals surface area contributed by atoms with Crippen molar-refractivity contribution < 1.29 is 14.4 Å². The van der Waals surface area contributed by atoms with Crippen LogP contribution in [0.25, 0.3) is 0 Å². The first-order valence-corrected chi connectivity index (χ1v) is 9.57. The minimum Gasteiger partial charge on any atom is -0.347 e. The number of carbonyl (C=O) groups is 3. The number of hydrazine groups is 1. The van der Waals surface area contributed by atoms with Crippen LogP contribution in [0, 0.1) is 6.92 Å². The van der Waals surface area contributed by atoms with Crippen LogP contribution in [0.5, 0.6) is 0 Å². The van der Waals surface area contributed by atoms with Crippen LogP contribution in [-0.2, 0) is 9.59 Å². The molecule has 1 heterocycles. The first kappa shape index (κ1) is 21.0. The summed E-state index contributed by atoms with van der Waals surface area (Å²) in [6, 6.07) is 13.9. The Balaban J connectivity index is 1.66. The van der Waals surface area contributed by atoms with Gasteiger partial charge in [-0.25, -0.2) is 5.01 Å². The molecule has 0 saturated carbocycles. The molecule has 0 aliphatic carbocycles. The lowest BCUT2D eigenvalue weighted by Crippen LogP contribution is -2.54. The number of aliphatic imine (C=N–C) groups is 1. The third-order valence-electron chi connectivity index (χ3n) is 4.24. The molecule has 0 atom stereocenters. The second-order valence-corrected chi connectivity index (χ2v) is 8.08. The molecular formula is C22H25N5O3. The van der Waals surface area contributed by atoms with Crippen molar-refractivity contribution in [2.45, 2.75) is 33.2 Å². The molecule has 2 aromatic rings. The van der Waals surface area contributed by atoms with Gasteiger partial charge in [-0.1, -0.05) is 17.7 Å². The minimum absolute atomic E-state index is 0.0322. The Hall–Kier alpha value is -3.68. The molecule has 3 rings (SSSR count). The molecule has 8 heteroatoms. The summed E-state index contributed by atoms with van der Waals surface area (Å²) in [5.74, 6) is -0.896. The Labute approximate surface area is 175 Å². The van der Waals surface area contributed by atoms with Crippen molar-refractivity contribution in [1.29, 1.82) is 0 Å². The maximum atomic E-state index is 12.6. The Bertz CT molecular complexity index is 989. The lowest BCUT2D eigenvalue weighted by atomic mass is 10.1. The lowest BCUT2D eigenvalue weighted by molar-refractivity contribution is -0.118. The molecule has 0 radical (unpaired) electrons. The average Bonchev–Trinajstić information content (AvgIpc) is 2.68. The summed E-state index contributed by atoms with van der Waals surface area (Å²) < 4.78 is 0. The maximum Gasteiger partial charge on any atom is 0.292 e. The topological polar surface area (TPSA) is 103 Å². The van der Waals surface area contributed by atoms with Gasteiger partial charge < -0.3 is 10.6 Å². The minimum atomic E-state index is -0.480. The fourth-order valence-electron chi connectivity index (χ4n) is 2.75. The number of aryl methyl sites for hydroxylation is 1. The van der Waals surface area contributed by atoms with Crippen molar-refractivity contribution in [3.63, 3.8) is 0 Å². The van der Waals surface area contributed by atoms with Gasteiger partial charge in [0.1, 0.15) is 6.54 Å². The molecular weight excluding hydrogens is 382 g/mol. The molecule has 156 valence electrons. The number of amidine groups is 1. The second-order valence-electron chi connectivity index (χ2n) is 8.08. The number of amides is 3. The average molecular weight is 407 g/mol. The van der Waals surface area contributed by atoms with Crippen LogP contribution >= 0.6 is 0 Å². The number of hydrogen-bond acceptors (Lipinski definition) is 5. The van der Waals surface area contributed by atoms with Crippen LogP contribution in [0.1, 0.15) is 36.7 Å². The molecule has 3 N–H and O–H groups in total. The van der Waals surface area contributed by atoms with Gasteiger partial charge in [0.15, 0.2) is 0 Å². The number of rotatable bonds is 4. The largest absolute Gasteiger partial charge is 0.347 e. The van der Waals surface area contributed by atoms with Gasteiger partial charge in [-0.05, 0) is 64.1 Å². The highest BCUT2D eigenvalue weighted by atomic mass is 16.2. The van der Waals surface area contributed by atoms with Crippen LogP contribution < -0.4 is 21.1 Å². The molecule has 0 unspecified atom stereocenters. The third-order valence-corrected chi connectivity index (χ3v) is 4.24. The molecule has 1 aliphatic rings. The standard InChI is InChI=1S/C22H25N5O3/c1-14-5-11-17(12-6-14)27-18(28)13-23-19(26-27)21(30)24-16-9-7-15(8-10-16)20(29)25-22(2,3)4/h5-12H,13H2,1-4H3,(H,23,26)(H,24,30)(H,25,29). The number of hydrogen-bond donors (Lipinski definition) is 3. The summed E-state index contributed by atoms with van der Waals surface area (Å²) in [4.78, 5) is 41.0. The van der Waals surface area contributed by atoms with Gasteiger partial charge in [0.05, 0.1) is 5.69 Å². The van der Waals surface area contributed by atoms with E-state index in [1.807, 2.05) is 39.8 Å². The summed E-state index contributed by atoms with van der Waals surface area (Å²) >= 11 is 0. The first-order chi connectivity index (χ1) is 14.1. The molecule has 3 amide bonds. The zero-order chi connectivity index (χ0) is 21.9. The predicted molar refractivity (Wildman–Crippen MR) is 116 cm³/mol. The highest BCUT2D eigenvalue weighted by Crippen LogP contribution is 2.16. The summed E-state index contributed by atoms with van der Waals surface area (Å²) in [6.07, 6.45) is 0. The number of anilines is 2. The van der Waals surface area contributed by atoms with Gasteiger partial charge in [-0.15, -0.1) is 0 Å². The fraction of sp³-hybridized carbons (Fsp3) is 0.273. The van der Waals surface area contributed by atoms with Gasteiger partial charge in [-0.2, -0.15) is 0 Å². The van der Waals surface area contributed by atoms with Crippen LogP contribution in [0.3, 0.4) is 0 Å². The Morgan fingerprint density at radius 1 is 1.00 bits per heavy atom. The number of nitrogens with zero attached hydrogens (tertiary/aromatic N) is 2. The highest BCUT2D eigenvalue weighted by Gasteiger charge is 2.25. The van der Waals surface area contributed by atoms with E-state index in [0.29, 0.717) is 16.9 Å². The molecule has 0 aromatic heterocycles. The van der Waals surface area contributed by atoms with Gasteiger partial charge in [0.2, 0.25) is 5.84 Å². The van der Waals surface area contributed by atoms with E-state index in [2.05, 4.69) is 21.1 Å². The second kappa shape index (κ2) is 8.36. The van der Waals surface area contributed by atoms with Crippen molar-refractivity contribution in [1.82, 2.24) is 10.7 Å². The first-order valence-electron chi connectivity index (χ1n) is 9.57. The van der Waals surface area contributed by atoms with Crippen molar-refractivity contribution in [2.75, 3.05) is 16.9 Å². The third kappa shape index (κ3) is 5.22. The van der Waals surface area contributed by atoms with E-state index in [0.717, 1.165) is 5.56 Å². The Morgan fingerprint density at radius 2 is 1.63 bits per heavy atom. The van der Waals surface area contributed by atoms with Crippen molar-refractivity contribution >= 4 is 34.9 Å². The molecule has 0 spiro atoms. The monoisotopic (exact) mass is 407 g/mol. The van der Waals surface area contributed by atoms with E-state index < -0.39 is 5.91 Å². The normalized spacial score (nSPS) is 13.9. The van der Waals surface area contributed by atoms with Crippen molar-refractivity contribution in [3.05, 3.63) is 59.7 Å². The number of benzene rings is 2. The van der Waals surface area contributed by atoms with Crippen molar-refractivity contribution in [2.24, 2.45) is 4.99 Å². The van der Waals surface area contributed by atoms with E-state index in [4.69, 9.17) is 0 Å². The van der Waals surface area contributed by atoms with E-state index in [1.165, 1.54) is 5.01 Å². The smallest absolute Gasteiger partial charge is 0.292 e. The van der Waals surface area contributed by atoms with Crippen LogP contribution in [0.4, 0.5) is 11.4 Å². The quantitative estimate of drug-likeness (QED) is 0.724. The molecule has 0 fully saturated rings. The number of carbonyl (C=O) groups excluding carboxylic acids is 3. The highest BCUT2D eigenvalue weighted by molar-refractivity contribution is 6.43. The molecule has 8 nitrogen and oxygen atoms in total. The van der Waals surface area contributed by atoms with E-state index >= 15 is 0 Å². The summed E-state index contributed by atoms with van der Waals surface area (Å²) in [6.45, 7) is 7.54. The Morgan fingerprint density at radius 3 is 2.23 bits per heavy atom. The summed E-state index contributed by atoms with van der Waals surface area (Å²) in [5, 5.41) is 6.91. The zero-order valence-corrected chi connectivity index (χ0v) is 17.4. The number of nitrogens with one attached hydrogen (secondary N) is 3. The fourth-order valence-corrected chi connectivity index (χ4v) is 2.75. The van der Waals surface area contributed by atoms with Crippen LogP contribution in [0.2, 0.25) is 0 Å². The molecule has 0 saturated heterocycles. The molecule has 30 heavy (non-hydrogen) atoms. The SMILES string of the molecule is Cc1ccc(N2NC(C(=O)Nc3ccc(C(=O)NC(C)(C)C)cc3)=NCC2=O)cc1. The lowest BCUT2D eigenvalue weighted by Gasteiger charge is -2.27. The van der Waals surface area contributed by atoms with Crippen LogP contribution in [-0.4, -0.2) is 35.6 Å². The zero-order valence-electron chi connectivity index (χ0n) is 17.4. The maximum absolute atomic E-state index is 12.6. The van der Waals surface area contributed by atoms with E-state index in [-0.39, 0.29) is 29.7 Å². The Kier molecular flexibility index (Phi) is 5.86. The van der Waals surface area contributed by atoms with Crippen molar-refractivity contribution in [3.8, 4) is 0 Å². The molecule has 0 bridgehead atoms. The summed E-state index contributed by atoms with van der Waals surface area (Å²) in [5.41, 5.74) is 5.13. The van der Waals surface area contributed by atoms with Crippen LogP contribution in [0.15, 0.2) is 53.5 Å². The molecule has 1 aliphatic heterocycles. The van der Waals surface area contributed by atoms with E-state index in [9.17, 15) is 14.4 Å². The van der Waals surface area contributed by atoms with E-state index in [1.54, 1.807) is 36.4 Å². The summed E-state index contributed by atoms with van der Waals surface area (Å²) in [7, 11) is 0. The van der Waals surface area contributed by atoms with Gasteiger partial charge in [0.25, 0.3) is 17.7 Å². The van der Waals surface area contributed by atoms with Gasteiger partial charge in [-0.3, -0.25) is 24.8 Å². The molecule has 2 aromatic carbocycles. The van der Waals surface area contributed by atoms with Gasteiger partial charge >= 0.3 is 0 Å². The van der Waals surface area contributed by atoms with Gasteiger partial charge in [0, 0.05) is 16.8 Å².